The van der Waals surface area contributed by atoms with Crippen molar-refractivity contribution in [2.45, 2.75) is 18.2 Å². The van der Waals surface area contributed by atoms with Crippen molar-refractivity contribution in [3.8, 4) is 0 Å². The van der Waals surface area contributed by atoms with Crippen LogP contribution < -0.4 is 0 Å². The number of hydrogen-bond donors (Lipinski definition) is 1. The molecule has 1 aromatic rings. The van der Waals surface area contributed by atoms with Gasteiger partial charge in [0.1, 0.15) is 16.5 Å². The maximum atomic E-state index is 13.6. The molecule has 8 heteroatoms. The van der Waals surface area contributed by atoms with Gasteiger partial charge in [-0.25, -0.2) is 17.2 Å². The number of halogens is 2. The van der Waals surface area contributed by atoms with E-state index in [0.29, 0.717) is 6.07 Å². The van der Waals surface area contributed by atoms with Crippen molar-refractivity contribution in [1.82, 2.24) is 4.31 Å². The van der Waals surface area contributed by atoms with Crippen molar-refractivity contribution in [2.24, 2.45) is 5.41 Å². The Morgan fingerprint density at radius 2 is 2.05 bits per heavy atom. The maximum Gasteiger partial charge on any atom is 0.310 e. The molecule has 0 radical (unpaired) electrons. The van der Waals surface area contributed by atoms with Crippen LogP contribution in [0.4, 0.5) is 8.78 Å². The monoisotopic (exact) mass is 305 g/mol. The molecule has 1 N–H and O–H groups in total. The van der Waals surface area contributed by atoms with Crippen LogP contribution in [0.3, 0.4) is 0 Å². The molecule has 0 aromatic heterocycles. The van der Waals surface area contributed by atoms with Gasteiger partial charge >= 0.3 is 5.97 Å². The van der Waals surface area contributed by atoms with Crippen LogP contribution in [0.2, 0.25) is 0 Å². The first-order valence-corrected chi connectivity index (χ1v) is 7.29. The molecule has 0 amide bonds. The van der Waals surface area contributed by atoms with Crippen LogP contribution >= 0.6 is 0 Å². The lowest BCUT2D eigenvalue weighted by Crippen LogP contribution is -2.35. The lowest BCUT2D eigenvalue weighted by Gasteiger charge is -2.20. The van der Waals surface area contributed by atoms with Gasteiger partial charge in [0.15, 0.2) is 0 Å². The molecule has 1 aliphatic rings. The molecular formula is C12H13F2NO4S. The van der Waals surface area contributed by atoms with Gasteiger partial charge in [0, 0.05) is 13.1 Å². The smallest absolute Gasteiger partial charge is 0.310 e. The van der Waals surface area contributed by atoms with Gasteiger partial charge in [0.05, 0.1) is 5.41 Å². The van der Waals surface area contributed by atoms with Crippen molar-refractivity contribution < 1.29 is 27.1 Å². The van der Waals surface area contributed by atoms with E-state index in [4.69, 9.17) is 5.11 Å². The van der Waals surface area contributed by atoms with E-state index in [0.717, 1.165) is 16.4 Å². The largest absolute Gasteiger partial charge is 0.481 e. The summed E-state index contributed by atoms with van der Waals surface area (Å²) >= 11 is 0. The minimum absolute atomic E-state index is 0.0406. The highest BCUT2D eigenvalue weighted by Crippen LogP contribution is 2.34. The van der Waals surface area contributed by atoms with Crippen molar-refractivity contribution in [3.63, 3.8) is 0 Å². The summed E-state index contributed by atoms with van der Waals surface area (Å²) in [5, 5.41) is 9.07. The highest BCUT2D eigenvalue weighted by molar-refractivity contribution is 7.89. The van der Waals surface area contributed by atoms with Crippen LogP contribution in [-0.4, -0.2) is 36.9 Å². The predicted octanol–water partition coefficient (Wildman–Crippen LogP) is 1.45. The van der Waals surface area contributed by atoms with Gasteiger partial charge in [-0.15, -0.1) is 0 Å². The number of sulfonamides is 1. The molecule has 1 heterocycles. The number of carbonyl (C=O) groups is 1. The maximum absolute atomic E-state index is 13.6. The Balaban J connectivity index is 2.38. The number of aliphatic carboxylic acids is 1. The second-order valence-corrected chi connectivity index (χ2v) is 6.94. The Hall–Kier alpha value is -1.54. The van der Waals surface area contributed by atoms with Crippen molar-refractivity contribution >= 4 is 16.0 Å². The van der Waals surface area contributed by atoms with Gasteiger partial charge in [-0.3, -0.25) is 4.79 Å². The quantitative estimate of drug-likeness (QED) is 0.917. The zero-order valence-corrected chi connectivity index (χ0v) is 11.5. The molecule has 0 aliphatic carbocycles. The summed E-state index contributed by atoms with van der Waals surface area (Å²) in [7, 11) is -4.24. The molecular weight excluding hydrogens is 292 g/mol. The SMILES string of the molecule is CC1(C(=O)O)CCN(S(=O)(=O)c2cc(F)ccc2F)C1. The molecule has 0 bridgehead atoms. The minimum atomic E-state index is -4.24. The molecule has 1 unspecified atom stereocenters. The summed E-state index contributed by atoms with van der Waals surface area (Å²) in [6, 6.07) is 2.15. The van der Waals surface area contributed by atoms with E-state index in [1.54, 1.807) is 0 Å². The Morgan fingerprint density at radius 1 is 1.40 bits per heavy atom. The zero-order valence-electron chi connectivity index (χ0n) is 10.6. The number of carboxylic acids is 1. The summed E-state index contributed by atoms with van der Waals surface area (Å²) in [6.07, 6.45) is 0.124. The van der Waals surface area contributed by atoms with Crippen molar-refractivity contribution in [1.29, 1.82) is 0 Å². The van der Waals surface area contributed by atoms with Gasteiger partial charge in [-0.2, -0.15) is 4.31 Å². The van der Waals surface area contributed by atoms with Crippen LogP contribution in [0.5, 0.6) is 0 Å². The summed E-state index contributed by atoms with van der Waals surface area (Å²) in [4.78, 5) is 10.3. The van der Waals surface area contributed by atoms with Crippen molar-refractivity contribution in [3.05, 3.63) is 29.8 Å². The topological polar surface area (TPSA) is 74.7 Å². The lowest BCUT2D eigenvalue weighted by molar-refractivity contribution is -0.146. The molecule has 1 saturated heterocycles. The van der Waals surface area contributed by atoms with Crippen molar-refractivity contribution in [2.75, 3.05) is 13.1 Å². The Labute approximate surface area is 114 Å². The van der Waals surface area contributed by atoms with Crippen LogP contribution in [0, 0.1) is 17.0 Å². The van der Waals surface area contributed by atoms with Gasteiger partial charge in [0.2, 0.25) is 10.0 Å². The fourth-order valence-electron chi connectivity index (χ4n) is 2.11. The molecule has 1 atom stereocenters. The van der Waals surface area contributed by atoms with Gasteiger partial charge < -0.3 is 5.11 Å². The average molecular weight is 305 g/mol. The summed E-state index contributed by atoms with van der Waals surface area (Å²) in [5.74, 6) is -3.05. The van der Waals surface area contributed by atoms with E-state index in [9.17, 15) is 22.0 Å². The standard InChI is InChI=1S/C12H13F2NO4S/c1-12(11(16)17)4-5-15(7-12)20(18,19)10-6-8(13)2-3-9(10)14/h2-3,6H,4-5,7H2,1H3,(H,16,17). The molecule has 2 rings (SSSR count). The number of carboxylic acid groups (broad SMARTS) is 1. The third-order valence-electron chi connectivity index (χ3n) is 3.47. The third-order valence-corrected chi connectivity index (χ3v) is 5.33. The predicted molar refractivity (Wildman–Crippen MR) is 65.5 cm³/mol. The summed E-state index contributed by atoms with van der Waals surface area (Å²) < 4.78 is 52.0. The van der Waals surface area contributed by atoms with E-state index in [1.165, 1.54) is 6.92 Å². The molecule has 5 nitrogen and oxygen atoms in total. The number of nitrogens with zero attached hydrogens (tertiary/aromatic N) is 1. The molecule has 0 saturated carbocycles. The number of rotatable bonds is 3. The minimum Gasteiger partial charge on any atom is -0.481 e. The fraction of sp³-hybridized carbons (Fsp3) is 0.417. The molecule has 1 aliphatic heterocycles. The van der Waals surface area contributed by atoms with Crippen LogP contribution in [0.15, 0.2) is 23.1 Å². The van der Waals surface area contributed by atoms with E-state index in [1.807, 2.05) is 0 Å². The molecule has 110 valence electrons. The Bertz CT molecular complexity index is 661. The number of benzene rings is 1. The summed E-state index contributed by atoms with van der Waals surface area (Å²) in [5.41, 5.74) is -1.21. The van der Waals surface area contributed by atoms with Gasteiger partial charge in [0.25, 0.3) is 0 Å². The zero-order chi connectivity index (χ0) is 15.1. The van der Waals surface area contributed by atoms with E-state index in [-0.39, 0.29) is 19.5 Å². The first-order chi connectivity index (χ1) is 9.17. The molecule has 1 fully saturated rings. The van der Waals surface area contributed by atoms with Crippen LogP contribution in [0.25, 0.3) is 0 Å². The van der Waals surface area contributed by atoms with Gasteiger partial charge in [-0.1, -0.05) is 0 Å². The van der Waals surface area contributed by atoms with Crippen LogP contribution in [-0.2, 0) is 14.8 Å². The van der Waals surface area contributed by atoms with Crippen LogP contribution in [0.1, 0.15) is 13.3 Å². The first kappa shape index (κ1) is 14.9. The highest BCUT2D eigenvalue weighted by atomic mass is 32.2. The second-order valence-electron chi connectivity index (χ2n) is 5.03. The van der Waals surface area contributed by atoms with E-state index >= 15 is 0 Å². The third kappa shape index (κ3) is 2.40. The van der Waals surface area contributed by atoms with Gasteiger partial charge in [-0.05, 0) is 31.5 Å². The molecule has 0 spiro atoms. The van der Waals surface area contributed by atoms with E-state index < -0.39 is 37.9 Å². The first-order valence-electron chi connectivity index (χ1n) is 5.85. The lowest BCUT2D eigenvalue weighted by atomic mass is 9.90. The summed E-state index contributed by atoms with van der Waals surface area (Å²) in [6.45, 7) is 1.12. The van der Waals surface area contributed by atoms with E-state index in [2.05, 4.69) is 0 Å². The highest BCUT2D eigenvalue weighted by Gasteiger charge is 2.45. The second kappa shape index (κ2) is 4.78. The average Bonchev–Trinajstić information content (AvgIpc) is 2.77. The molecule has 1 aromatic carbocycles. The normalized spacial score (nSPS) is 23.9. The fourth-order valence-corrected chi connectivity index (χ4v) is 3.75. The Kier molecular flexibility index (Phi) is 3.55. The number of hydrogen-bond acceptors (Lipinski definition) is 3. The Morgan fingerprint density at radius 3 is 2.60 bits per heavy atom. The molecule has 20 heavy (non-hydrogen) atoms.